The van der Waals surface area contributed by atoms with E-state index in [0.29, 0.717) is 19.0 Å². The van der Waals surface area contributed by atoms with E-state index in [0.717, 1.165) is 35.6 Å². The van der Waals surface area contributed by atoms with E-state index in [1.165, 1.54) is 0 Å². The third-order valence-corrected chi connectivity index (χ3v) is 3.76. The highest BCUT2D eigenvalue weighted by Gasteiger charge is 2.20. The van der Waals surface area contributed by atoms with Gasteiger partial charge in [0.05, 0.1) is 24.9 Å². The molecule has 0 radical (unpaired) electrons. The molecule has 2 heterocycles. The number of hydrogen-bond donors (Lipinski definition) is 0. The Balaban J connectivity index is 2.48. The lowest BCUT2D eigenvalue weighted by Crippen LogP contribution is -2.25. The molecule has 0 amide bonds. The molecule has 21 heavy (non-hydrogen) atoms. The van der Waals surface area contributed by atoms with Crippen LogP contribution in [0.3, 0.4) is 0 Å². The zero-order valence-electron chi connectivity index (χ0n) is 13.1. The summed E-state index contributed by atoms with van der Waals surface area (Å²) >= 11 is 5.92. The van der Waals surface area contributed by atoms with Gasteiger partial charge in [0.15, 0.2) is 5.65 Å². The number of rotatable bonds is 8. The Bertz CT molecular complexity index is 593. The topological polar surface area (TPSA) is 54.1 Å². The number of fused-ring (bicyclic) bond motifs is 1. The van der Waals surface area contributed by atoms with Crippen LogP contribution >= 0.6 is 11.6 Å². The van der Waals surface area contributed by atoms with Gasteiger partial charge in [-0.2, -0.15) is 5.10 Å². The predicted octanol–water partition coefficient (Wildman–Crippen LogP) is 2.00. The SMILES string of the molecule is CCn1nc(C)c2nc(CCCl)n(CC(COC)OC)c21. The van der Waals surface area contributed by atoms with Crippen molar-refractivity contribution in [3.8, 4) is 0 Å². The fraction of sp³-hybridized carbons (Fsp3) is 0.714. The van der Waals surface area contributed by atoms with Crippen LogP contribution in [-0.4, -0.2) is 52.1 Å². The number of ether oxygens (including phenoxy) is 2. The first-order valence-corrected chi connectivity index (χ1v) is 7.69. The lowest BCUT2D eigenvalue weighted by Gasteiger charge is -2.17. The van der Waals surface area contributed by atoms with Gasteiger partial charge in [-0.05, 0) is 13.8 Å². The van der Waals surface area contributed by atoms with Gasteiger partial charge in [0, 0.05) is 33.1 Å². The van der Waals surface area contributed by atoms with Gasteiger partial charge in [0.2, 0.25) is 0 Å². The van der Waals surface area contributed by atoms with Crippen molar-refractivity contribution in [1.29, 1.82) is 0 Å². The zero-order chi connectivity index (χ0) is 15.4. The maximum atomic E-state index is 5.92. The third-order valence-electron chi connectivity index (χ3n) is 3.57. The van der Waals surface area contributed by atoms with Crippen LogP contribution in [0.1, 0.15) is 18.4 Å². The summed E-state index contributed by atoms with van der Waals surface area (Å²) < 4.78 is 14.8. The monoisotopic (exact) mass is 314 g/mol. The number of aromatic nitrogens is 4. The summed E-state index contributed by atoms with van der Waals surface area (Å²) in [5, 5.41) is 4.54. The van der Waals surface area contributed by atoms with E-state index in [-0.39, 0.29) is 6.10 Å². The lowest BCUT2D eigenvalue weighted by atomic mass is 10.3. The molecule has 0 bridgehead atoms. The lowest BCUT2D eigenvalue weighted by molar-refractivity contribution is 0.0184. The highest BCUT2D eigenvalue weighted by Crippen LogP contribution is 2.21. The summed E-state index contributed by atoms with van der Waals surface area (Å²) in [6.07, 6.45) is 0.699. The van der Waals surface area contributed by atoms with Crippen LogP contribution in [0, 0.1) is 6.92 Å². The first-order valence-electron chi connectivity index (χ1n) is 7.16. The van der Waals surface area contributed by atoms with E-state index >= 15 is 0 Å². The summed E-state index contributed by atoms with van der Waals surface area (Å²) in [5.41, 5.74) is 2.93. The minimum atomic E-state index is -0.0259. The van der Waals surface area contributed by atoms with Gasteiger partial charge in [0.1, 0.15) is 11.3 Å². The third kappa shape index (κ3) is 3.22. The van der Waals surface area contributed by atoms with Crippen molar-refractivity contribution < 1.29 is 9.47 Å². The summed E-state index contributed by atoms with van der Waals surface area (Å²) in [6, 6.07) is 0. The molecule has 0 aromatic carbocycles. The summed E-state index contributed by atoms with van der Waals surface area (Å²) in [7, 11) is 3.37. The number of nitrogens with zero attached hydrogens (tertiary/aromatic N) is 4. The Morgan fingerprint density at radius 3 is 2.67 bits per heavy atom. The van der Waals surface area contributed by atoms with E-state index in [9.17, 15) is 0 Å². The number of alkyl halides is 1. The molecule has 2 rings (SSSR count). The second kappa shape index (κ2) is 7.24. The molecule has 0 saturated carbocycles. The van der Waals surface area contributed by atoms with E-state index in [4.69, 9.17) is 26.1 Å². The molecule has 1 atom stereocenters. The highest BCUT2D eigenvalue weighted by molar-refractivity contribution is 6.17. The summed E-state index contributed by atoms with van der Waals surface area (Å²) in [5.74, 6) is 1.51. The fourth-order valence-corrected chi connectivity index (χ4v) is 2.71. The molecular formula is C14H23ClN4O2. The van der Waals surface area contributed by atoms with Crippen molar-refractivity contribution in [2.75, 3.05) is 26.7 Å². The van der Waals surface area contributed by atoms with Crippen LogP contribution in [0.15, 0.2) is 0 Å². The van der Waals surface area contributed by atoms with Crippen molar-refractivity contribution in [2.24, 2.45) is 0 Å². The van der Waals surface area contributed by atoms with E-state index in [2.05, 4.69) is 16.6 Å². The number of aryl methyl sites for hydroxylation is 3. The van der Waals surface area contributed by atoms with Crippen LogP contribution in [-0.2, 0) is 29.0 Å². The molecule has 0 fully saturated rings. The minimum absolute atomic E-state index is 0.0259. The number of methoxy groups -OCH3 is 2. The van der Waals surface area contributed by atoms with Gasteiger partial charge in [-0.15, -0.1) is 11.6 Å². The molecule has 0 saturated heterocycles. The number of hydrogen-bond acceptors (Lipinski definition) is 4. The van der Waals surface area contributed by atoms with Crippen LogP contribution in [0.2, 0.25) is 0 Å². The second-order valence-corrected chi connectivity index (χ2v) is 5.34. The molecule has 0 spiro atoms. The first kappa shape index (κ1) is 16.3. The van der Waals surface area contributed by atoms with Gasteiger partial charge in [-0.1, -0.05) is 0 Å². The molecule has 118 valence electrons. The van der Waals surface area contributed by atoms with Gasteiger partial charge < -0.3 is 14.0 Å². The average Bonchev–Trinajstić information content (AvgIpc) is 2.98. The van der Waals surface area contributed by atoms with Crippen molar-refractivity contribution >= 4 is 22.8 Å². The Kier molecular flexibility index (Phi) is 5.61. The van der Waals surface area contributed by atoms with Crippen molar-refractivity contribution in [1.82, 2.24) is 19.3 Å². The molecule has 0 N–H and O–H groups in total. The standard InChI is InChI=1S/C14H23ClN4O2/c1-5-19-14-13(10(2)17-19)16-12(6-7-15)18(14)8-11(21-4)9-20-3/h11H,5-9H2,1-4H3. The van der Waals surface area contributed by atoms with Crippen LogP contribution < -0.4 is 0 Å². The van der Waals surface area contributed by atoms with Gasteiger partial charge in [0.25, 0.3) is 0 Å². The number of halogens is 1. The molecule has 0 aliphatic rings. The van der Waals surface area contributed by atoms with Gasteiger partial charge in [-0.3, -0.25) is 0 Å². The van der Waals surface area contributed by atoms with E-state index < -0.39 is 0 Å². The molecule has 1 unspecified atom stereocenters. The molecular weight excluding hydrogens is 292 g/mol. The van der Waals surface area contributed by atoms with Gasteiger partial charge in [-0.25, -0.2) is 9.67 Å². The largest absolute Gasteiger partial charge is 0.382 e. The molecule has 6 nitrogen and oxygen atoms in total. The van der Waals surface area contributed by atoms with E-state index in [1.54, 1.807) is 14.2 Å². The Labute approximate surface area is 130 Å². The van der Waals surface area contributed by atoms with Crippen LogP contribution in [0.4, 0.5) is 0 Å². The van der Waals surface area contributed by atoms with Crippen molar-refractivity contribution in [2.45, 2.75) is 39.5 Å². The first-order chi connectivity index (χ1) is 10.2. The summed E-state index contributed by atoms with van der Waals surface area (Å²) in [4.78, 5) is 4.72. The maximum absolute atomic E-state index is 5.92. The molecule has 7 heteroatoms. The predicted molar refractivity (Wildman–Crippen MR) is 83.0 cm³/mol. The molecule has 0 aliphatic carbocycles. The van der Waals surface area contributed by atoms with Crippen LogP contribution in [0.25, 0.3) is 11.2 Å². The van der Waals surface area contributed by atoms with Crippen molar-refractivity contribution in [3.63, 3.8) is 0 Å². The van der Waals surface area contributed by atoms with Crippen LogP contribution in [0.5, 0.6) is 0 Å². The highest BCUT2D eigenvalue weighted by atomic mass is 35.5. The molecule has 2 aromatic heterocycles. The maximum Gasteiger partial charge on any atom is 0.159 e. The smallest absolute Gasteiger partial charge is 0.159 e. The zero-order valence-corrected chi connectivity index (χ0v) is 13.9. The van der Waals surface area contributed by atoms with Gasteiger partial charge >= 0.3 is 0 Å². The quantitative estimate of drug-likeness (QED) is 0.699. The molecule has 2 aromatic rings. The van der Waals surface area contributed by atoms with E-state index in [1.807, 2.05) is 11.6 Å². The Morgan fingerprint density at radius 2 is 2.10 bits per heavy atom. The summed E-state index contributed by atoms with van der Waals surface area (Å²) in [6.45, 7) is 6.08. The number of imidazole rings is 1. The molecule has 0 aliphatic heterocycles. The fourth-order valence-electron chi connectivity index (χ4n) is 2.54. The van der Waals surface area contributed by atoms with Crippen molar-refractivity contribution in [3.05, 3.63) is 11.5 Å². The Hall–Kier alpha value is -1.11. The second-order valence-electron chi connectivity index (χ2n) is 4.96. The Morgan fingerprint density at radius 1 is 1.33 bits per heavy atom. The minimum Gasteiger partial charge on any atom is -0.382 e. The average molecular weight is 315 g/mol. The normalized spacial score (nSPS) is 13.2.